The van der Waals surface area contributed by atoms with E-state index >= 15 is 0 Å². The molecule has 0 radical (unpaired) electrons. The molecule has 0 amide bonds. The van der Waals surface area contributed by atoms with Crippen molar-refractivity contribution in [1.82, 2.24) is 9.55 Å². The van der Waals surface area contributed by atoms with Crippen LogP contribution in [0.2, 0.25) is 0 Å². The summed E-state index contributed by atoms with van der Waals surface area (Å²) in [6.45, 7) is 2.05. The van der Waals surface area contributed by atoms with Crippen LogP contribution in [0.25, 0.3) is 11.0 Å². The summed E-state index contributed by atoms with van der Waals surface area (Å²) in [7, 11) is 0. The van der Waals surface area contributed by atoms with Gasteiger partial charge < -0.3 is 9.30 Å². The molecule has 92 valence electrons. The summed E-state index contributed by atoms with van der Waals surface area (Å²) in [4.78, 5) is 15.3. The van der Waals surface area contributed by atoms with E-state index in [1.165, 1.54) is 6.92 Å². The molecule has 0 aliphatic rings. The van der Waals surface area contributed by atoms with Crippen molar-refractivity contribution >= 4 is 17.0 Å². The zero-order valence-corrected chi connectivity index (χ0v) is 10.1. The summed E-state index contributed by atoms with van der Waals surface area (Å²) in [5, 5.41) is 9.35. The van der Waals surface area contributed by atoms with Crippen molar-refractivity contribution < 1.29 is 9.53 Å². The van der Waals surface area contributed by atoms with Crippen LogP contribution >= 0.6 is 0 Å². The molecule has 0 saturated carbocycles. The fraction of sp³-hybridized carbons (Fsp3) is 0.308. The lowest BCUT2D eigenvalue weighted by Crippen LogP contribution is -2.00. The number of ether oxygens (including phenoxy) is 1. The molecule has 2 aromatic rings. The van der Waals surface area contributed by atoms with Gasteiger partial charge in [0.25, 0.3) is 0 Å². The summed E-state index contributed by atoms with van der Waals surface area (Å²) in [5.41, 5.74) is 0.770. The Kier molecular flexibility index (Phi) is 3.58. The molecule has 2 aromatic heterocycles. The topological polar surface area (TPSA) is 67.9 Å². The Balaban J connectivity index is 2.35. The number of hydrogen-bond donors (Lipinski definition) is 0. The standard InChI is InChI=1S/C13H13N3O2/c1-10(17)18-12-9-16(8-3-2-6-14)13-11(12)5-4-7-15-13/h4-5,7,9H,2-3,8H2,1H3. The molecule has 5 nitrogen and oxygen atoms in total. The maximum absolute atomic E-state index is 11.0. The Bertz CT molecular complexity index is 610. The zero-order valence-electron chi connectivity index (χ0n) is 10.1. The lowest BCUT2D eigenvalue weighted by atomic mass is 10.3. The number of fused-ring (bicyclic) bond motifs is 1. The van der Waals surface area contributed by atoms with Crippen LogP contribution in [-0.4, -0.2) is 15.5 Å². The molecular weight excluding hydrogens is 230 g/mol. The van der Waals surface area contributed by atoms with Crippen molar-refractivity contribution in [2.45, 2.75) is 26.3 Å². The summed E-state index contributed by atoms with van der Waals surface area (Å²) < 4.78 is 7.06. The van der Waals surface area contributed by atoms with E-state index in [2.05, 4.69) is 11.1 Å². The quantitative estimate of drug-likeness (QED) is 0.610. The van der Waals surface area contributed by atoms with E-state index in [0.29, 0.717) is 18.7 Å². The maximum Gasteiger partial charge on any atom is 0.308 e. The van der Waals surface area contributed by atoms with Crippen molar-refractivity contribution in [2.24, 2.45) is 0 Å². The van der Waals surface area contributed by atoms with Crippen molar-refractivity contribution in [3.05, 3.63) is 24.5 Å². The number of carbonyl (C=O) groups excluding carboxylic acids is 1. The van der Waals surface area contributed by atoms with Crippen molar-refractivity contribution in [3.8, 4) is 11.8 Å². The highest BCUT2D eigenvalue weighted by Gasteiger charge is 2.11. The van der Waals surface area contributed by atoms with Gasteiger partial charge in [0.1, 0.15) is 5.65 Å². The van der Waals surface area contributed by atoms with Gasteiger partial charge in [-0.1, -0.05) is 0 Å². The number of unbranched alkanes of at least 4 members (excludes halogenated alkanes) is 1. The number of nitrogens with zero attached hydrogens (tertiary/aromatic N) is 3. The number of nitriles is 1. The molecular formula is C13H13N3O2. The number of rotatable bonds is 4. The highest BCUT2D eigenvalue weighted by molar-refractivity contribution is 5.86. The molecule has 18 heavy (non-hydrogen) atoms. The minimum atomic E-state index is -0.352. The number of aryl methyl sites for hydroxylation is 1. The van der Waals surface area contributed by atoms with Gasteiger partial charge in [0.05, 0.1) is 11.5 Å². The zero-order chi connectivity index (χ0) is 13.0. The first-order valence-corrected chi connectivity index (χ1v) is 5.71. The molecule has 0 saturated heterocycles. The molecule has 2 rings (SSSR count). The molecule has 0 bridgehead atoms. The second-order valence-electron chi connectivity index (χ2n) is 3.92. The third-order valence-electron chi connectivity index (χ3n) is 2.54. The molecule has 0 spiro atoms. The summed E-state index contributed by atoms with van der Waals surface area (Å²) in [6, 6.07) is 5.77. The van der Waals surface area contributed by atoms with Crippen LogP contribution in [0.5, 0.6) is 5.75 Å². The van der Waals surface area contributed by atoms with Gasteiger partial charge in [0.2, 0.25) is 0 Å². The number of esters is 1. The first kappa shape index (κ1) is 12.1. The summed E-state index contributed by atoms with van der Waals surface area (Å²) >= 11 is 0. The lowest BCUT2D eigenvalue weighted by molar-refractivity contribution is -0.131. The van der Waals surface area contributed by atoms with E-state index in [1.54, 1.807) is 18.5 Å². The van der Waals surface area contributed by atoms with E-state index in [0.717, 1.165) is 17.5 Å². The first-order valence-electron chi connectivity index (χ1n) is 5.71. The average Bonchev–Trinajstić information content (AvgIpc) is 2.68. The van der Waals surface area contributed by atoms with Crippen LogP contribution in [0.1, 0.15) is 19.8 Å². The van der Waals surface area contributed by atoms with Crippen LogP contribution < -0.4 is 4.74 Å². The van der Waals surface area contributed by atoms with Crippen LogP contribution in [0.4, 0.5) is 0 Å². The Morgan fingerprint density at radius 3 is 3.17 bits per heavy atom. The Morgan fingerprint density at radius 2 is 2.44 bits per heavy atom. The molecule has 0 fully saturated rings. The Morgan fingerprint density at radius 1 is 1.61 bits per heavy atom. The minimum absolute atomic E-state index is 0.352. The summed E-state index contributed by atoms with van der Waals surface area (Å²) in [6.07, 6.45) is 4.70. The molecule has 0 unspecified atom stereocenters. The molecule has 2 heterocycles. The van der Waals surface area contributed by atoms with E-state index in [-0.39, 0.29) is 5.97 Å². The monoisotopic (exact) mass is 243 g/mol. The van der Waals surface area contributed by atoms with Crippen LogP contribution in [0.15, 0.2) is 24.5 Å². The molecule has 0 atom stereocenters. The second kappa shape index (κ2) is 5.32. The van der Waals surface area contributed by atoms with E-state index < -0.39 is 0 Å². The maximum atomic E-state index is 11.0. The van der Waals surface area contributed by atoms with Gasteiger partial charge in [-0.2, -0.15) is 5.26 Å². The van der Waals surface area contributed by atoms with Crippen molar-refractivity contribution in [1.29, 1.82) is 5.26 Å². The normalized spacial score (nSPS) is 10.2. The first-order chi connectivity index (χ1) is 8.72. The molecule has 0 aromatic carbocycles. The van der Waals surface area contributed by atoms with E-state index in [9.17, 15) is 4.79 Å². The largest absolute Gasteiger partial charge is 0.424 e. The average molecular weight is 243 g/mol. The van der Waals surface area contributed by atoms with Crippen LogP contribution in [-0.2, 0) is 11.3 Å². The molecule has 0 aliphatic heterocycles. The Labute approximate surface area is 105 Å². The smallest absolute Gasteiger partial charge is 0.308 e. The van der Waals surface area contributed by atoms with E-state index in [4.69, 9.17) is 10.00 Å². The third kappa shape index (κ3) is 2.48. The fourth-order valence-corrected chi connectivity index (χ4v) is 1.83. The predicted molar refractivity (Wildman–Crippen MR) is 65.9 cm³/mol. The van der Waals surface area contributed by atoms with Gasteiger partial charge in [0.15, 0.2) is 5.75 Å². The second-order valence-corrected chi connectivity index (χ2v) is 3.92. The number of pyridine rings is 1. The van der Waals surface area contributed by atoms with Gasteiger partial charge in [-0.3, -0.25) is 4.79 Å². The number of hydrogen-bond acceptors (Lipinski definition) is 4. The van der Waals surface area contributed by atoms with Crippen LogP contribution in [0.3, 0.4) is 0 Å². The van der Waals surface area contributed by atoms with Gasteiger partial charge >= 0.3 is 5.97 Å². The highest BCUT2D eigenvalue weighted by atomic mass is 16.5. The van der Waals surface area contributed by atoms with E-state index in [1.807, 2.05) is 10.6 Å². The third-order valence-corrected chi connectivity index (χ3v) is 2.54. The van der Waals surface area contributed by atoms with Gasteiger partial charge in [-0.15, -0.1) is 0 Å². The van der Waals surface area contributed by atoms with Crippen molar-refractivity contribution in [3.63, 3.8) is 0 Å². The molecule has 0 aliphatic carbocycles. The number of carbonyl (C=O) groups is 1. The fourth-order valence-electron chi connectivity index (χ4n) is 1.83. The van der Waals surface area contributed by atoms with Gasteiger partial charge in [0, 0.05) is 32.3 Å². The minimum Gasteiger partial charge on any atom is -0.424 e. The molecule has 0 N–H and O–H groups in total. The lowest BCUT2D eigenvalue weighted by Gasteiger charge is -2.00. The summed E-state index contributed by atoms with van der Waals surface area (Å²) in [5.74, 6) is 0.164. The van der Waals surface area contributed by atoms with Gasteiger partial charge in [-0.05, 0) is 18.6 Å². The van der Waals surface area contributed by atoms with Gasteiger partial charge in [-0.25, -0.2) is 4.98 Å². The SMILES string of the molecule is CC(=O)Oc1cn(CCCC#N)c2ncccc12. The highest BCUT2D eigenvalue weighted by Crippen LogP contribution is 2.26. The number of aromatic nitrogens is 2. The van der Waals surface area contributed by atoms with Crippen LogP contribution in [0, 0.1) is 11.3 Å². The molecule has 5 heteroatoms. The van der Waals surface area contributed by atoms with Crippen molar-refractivity contribution in [2.75, 3.05) is 0 Å². The predicted octanol–water partition coefficient (Wildman–Crippen LogP) is 2.27. The Hall–Kier alpha value is -2.35.